The maximum absolute atomic E-state index is 11.4. The van der Waals surface area contributed by atoms with Crippen LogP contribution in [0.1, 0.15) is 0 Å². The Balaban J connectivity index is 1.64. The summed E-state index contributed by atoms with van der Waals surface area (Å²) in [4.78, 5) is 0. The van der Waals surface area contributed by atoms with Crippen LogP contribution < -0.4 is 0 Å². The molecule has 4 fully saturated rings. The van der Waals surface area contributed by atoms with E-state index >= 15 is 0 Å². The second-order valence-electron chi connectivity index (χ2n) is 11.1. The van der Waals surface area contributed by atoms with Crippen molar-refractivity contribution >= 4 is 0 Å². The molecule has 0 aromatic rings. The fraction of sp³-hybridized carbons (Fsp3) is 1.00. The van der Waals surface area contributed by atoms with Crippen LogP contribution in [0.25, 0.3) is 0 Å². The molecule has 264 valence electrons. The minimum atomic E-state index is -2.09. The van der Waals surface area contributed by atoms with E-state index in [1.165, 1.54) is 0 Å². The van der Waals surface area contributed by atoms with Gasteiger partial charge in [-0.2, -0.15) is 0 Å². The molecule has 21 heteroatoms. The average molecular weight is 667 g/mol. The predicted octanol–water partition coefficient (Wildman–Crippen LogP) is -9.75. The summed E-state index contributed by atoms with van der Waals surface area (Å²) >= 11 is 0. The van der Waals surface area contributed by atoms with E-state index in [1.54, 1.807) is 0 Å². The van der Waals surface area contributed by atoms with Gasteiger partial charge in [0.25, 0.3) is 0 Å². The zero-order valence-electron chi connectivity index (χ0n) is 23.5. The van der Waals surface area contributed by atoms with Crippen LogP contribution in [0, 0.1) is 0 Å². The lowest BCUT2D eigenvalue weighted by atomic mass is 9.95. The molecule has 0 amide bonds. The van der Waals surface area contributed by atoms with Crippen molar-refractivity contribution in [3.63, 3.8) is 0 Å². The first-order chi connectivity index (χ1) is 21.3. The number of aliphatic hydroxyl groups excluding tert-OH is 14. The van der Waals surface area contributed by atoms with Crippen LogP contribution in [-0.4, -0.2) is 221 Å². The lowest BCUT2D eigenvalue weighted by Crippen LogP contribution is -2.68. The fourth-order valence-electron chi connectivity index (χ4n) is 5.53. The van der Waals surface area contributed by atoms with Crippen molar-refractivity contribution < 1.29 is 105 Å². The van der Waals surface area contributed by atoms with Crippen molar-refractivity contribution in [3.05, 3.63) is 0 Å². The highest BCUT2D eigenvalue weighted by molar-refractivity contribution is 4.98. The van der Waals surface area contributed by atoms with Crippen LogP contribution in [0.15, 0.2) is 0 Å². The van der Waals surface area contributed by atoms with Gasteiger partial charge in [-0.15, -0.1) is 0 Å². The number of ether oxygens (including phenoxy) is 7. The molecular formula is C24H42O21. The first-order valence-electron chi connectivity index (χ1n) is 14.1. The Kier molecular flexibility index (Phi) is 12.8. The zero-order valence-corrected chi connectivity index (χ0v) is 23.5. The summed E-state index contributed by atoms with van der Waals surface area (Å²) in [5.41, 5.74) is 0. The van der Waals surface area contributed by atoms with Gasteiger partial charge in [0.15, 0.2) is 25.2 Å². The van der Waals surface area contributed by atoms with E-state index in [0.717, 1.165) is 0 Å². The van der Waals surface area contributed by atoms with E-state index in [4.69, 9.17) is 33.2 Å². The maximum atomic E-state index is 11.4. The standard InChI is InChI=1S/C24H42O21/c25-1-5-9(29)11(31)15(35)22(40-5)44-19-8(4-28)42-24(43-18-7(3-27)39-21(38)14(34)13(18)33)17(37)20(19)45-23-16(36)12(32)10(30)6(2-26)41-23/h5-38H,1-4H2/t5-,6-,7-,8-,9-,10+,11+,12+,13-,14-,15-,16-,17-,18-,19+,20-,21-,22+,23+,24-/m1/s1. The van der Waals surface area contributed by atoms with Crippen molar-refractivity contribution in [2.24, 2.45) is 0 Å². The molecule has 45 heavy (non-hydrogen) atoms. The topological polar surface area (TPSA) is 348 Å². The summed E-state index contributed by atoms with van der Waals surface area (Å²) in [5.74, 6) is 0. The van der Waals surface area contributed by atoms with E-state index in [1.807, 2.05) is 0 Å². The van der Waals surface area contributed by atoms with Gasteiger partial charge in [0.2, 0.25) is 0 Å². The highest BCUT2D eigenvalue weighted by Gasteiger charge is 2.56. The SMILES string of the molecule is OC[C@H]1O[C@@H](O[C@@H]2[C@@H](O)[C@@H](O[C@H]3[C@H](O)[C@@H](O)[C@H](O)O[C@@H]3CO)O[C@H](CO)[C@@H]2O[C@@H]2O[C@H](CO)[C@@H](O)[C@H](O)[C@H]2O)[C@H](O)[C@@H](O)[C@H]1O. The predicted molar refractivity (Wildman–Crippen MR) is 134 cm³/mol. The van der Waals surface area contributed by atoms with E-state index in [2.05, 4.69) is 0 Å². The van der Waals surface area contributed by atoms with Gasteiger partial charge >= 0.3 is 0 Å². The number of hydrogen-bond donors (Lipinski definition) is 14. The summed E-state index contributed by atoms with van der Waals surface area (Å²) in [6.07, 6.45) is -36.3. The van der Waals surface area contributed by atoms with Crippen LogP contribution in [0.5, 0.6) is 0 Å². The largest absolute Gasteiger partial charge is 0.394 e. The summed E-state index contributed by atoms with van der Waals surface area (Å²) in [5, 5.41) is 143. The molecule has 0 aromatic heterocycles. The number of aliphatic hydroxyl groups is 14. The van der Waals surface area contributed by atoms with E-state index in [0.29, 0.717) is 0 Å². The molecule has 0 radical (unpaired) electrons. The van der Waals surface area contributed by atoms with Gasteiger partial charge in [0, 0.05) is 0 Å². The molecule has 4 rings (SSSR count). The highest BCUT2D eigenvalue weighted by Crippen LogP contribution is 2.35. The van der Waals surface area contributed by atoms with Crippen molar-refractivity contribution in [2.45, 2.75) is 123 Å². The van der Waals surface area contributed by atoms with Gasteiger partial charge in [0.1, 0.15) is 97.7 Å². The van der Waals surface area contributed by atoms with Gasteiger partial charge in [-0.05, 0) is 0 Å². The molecule has 20 atom stereocenters. The Labute approximate surface area is 254 Å². The Hall–Kier alpha value is -0.840. The minimum absolute atomic E-state index is 0.836. The molecule has 14 N–H and O–H groups in total. The third kappa shape index (κ3) is 7.44. The first-order valence-corrected chi connectivity index (χ1v) is 14.1. The number of hydrogen-bond acceptors (Lipinski definition) is 21. The molecule has 0 saturated carbocycles. The Morgan fingerprint density at radius 2 is 0.711 bits per heavy atom. The fourth-order valence-corrected chi connectivity index (χ4v) is 5.53. The normalized spacial score (nSPS) is 52.9. The molecule has 0 aromatic carbocycles. The van der Waals surface area contributed by atoms with Crippen LogP contribution in [0.3, 0.4) is 0 Å². The van der Waals surface area contributed by atoms with Gasteiger partial charge in [-0.25, -0.2) is 0 Å². The van der Waals surface area contributed by atoms with Crippen LogP contribution in [0.2, 0.25) is 0 Å². The second-order valence-corrected chi connectivity index (χ2v) is 11.1. The summed E-state index contributed by atoms with van der Waals surface area (Å²) in [7, 11) is 0. The molecule has 4 aliphatic rings. The zero-order chi connectivity index (χ0) is 33.3. The smallest absolute Gasteiger partial charge is 0.187 e. The van der Waals surface area contributed by atoms with Gasteiger partial charge < -0.3 is 105 Å². The molecule has 0 unspecified atom stereocenters. The molecule has 0 aliphatic carbocycles. The number of rotatable bonds is 10. The average Bonchev–Trinajstić information content (AvgIpc) is 3.03. The Morgan fingerprint density at radius 3 is 1.18 bits per heavy atom. The van der Waals surface area contributed by atoms with E-state index in [-0.39, 0.29) is 0 Å². The molecule has 0 spiro atoms. The first kappa shape index (κ1) is 37.0. The van der Waals surface area contributed by atoms with Gasteiger partial charge in [-0.3, -0.25) is 0 Å². The third-order valence-electron chi connectivity index (χ3n) is 8.20. The Bertz CT molecular complexity index is 912. The summed E-state index contributed by atoms with van der Waals surface area (Å²) in [6, 6.07) is 0. The minimum Gasteiger partial charge on any atom is -0.394 e. The highest BCUT2D eigenvalue weighted by atomic mass is 16.8. The van der Waals surface area contributed by atoms with Gasteiger partial charge in [-0.1, -0.05) is 0 Å². The van der Waals surface area contributed by atoms with Crippen molar-refractivity contribution in [2.75, 3.05) is 26.4 Å². The second kappa shape index (κ2) is 15.6. The molecule has 4 aliphatic heterocycles. The summed E-state index contributed by atoms with van der Waals surface area (Å²) in [6.45, 7) is -3.51. The molecule has 4 saturated heterocycles. The molecule has 21 nitrogen and oxygen atoms in total. The third-order valence-corrected chi connectivity index (χ3v) is 8.20. The maximum Gasteiger partial charge on any atom is 0.187 e. The van der Waals surface area contributed by atoms with Crippen LogP contribution in [0.4, 0.5) is 0 Å². The van der Waals surface area contributed by atoms with Crippen molar-refractivity contribution in [1.29, 1.82) is 0 Å². The van der Waals surface area contributed by atoms with E-state index in [9.17, 15) is 71.5 Å². The quantitative estimate of drug-likeness (QED) is 0.103. The van der Waals surface area contributed by atoms with E-state index < -0.39 is 149 Å². The summed E-state index contributed by atoms with van der Waals surface area (Å²) < 4.78 is 38.4. The van der Waals surface area contributed by atoms with Gasteiger partial charge in [0.05, 0.1) is 26.4 Å². The lowest BCUT2D eigenvalue weighted by Gasteiger charge is -2.50. The van der Waals surface area contributed by atoms with Crippen LogP contribution in [-0.2, 0) is 33.2 Å². The molecule has 0 bridgehead atoms. The van der Waals surface area contributed by atoms with Crippen molar-refractivity contribution in [3.8, 4) is 0 Å². The molecular weight excluding hydrogens is 624 g/mol. The Morgan fingerprint density at radius 1 is 0.333 bits per heavy atom. The molecule has 4 heterocycles. The van der Waals surface area contributed by atoms with Crippen molar-refractivity contribution in [1.82, 2.24) is 0 Å². The lowest BCUT2D eigenvalue weighted by molar-refractivity contribution is -0.398. The van der Waals surface area contributed by atoms with Crippen LogP contribution >= 0.6 is 0 Å². The monoisotopic (exact) mass is 666 g/mol.